The minimum absolute atomic E-state index is 0.0257. The van der Waals surface area contributed by atoms with Crippen LogP contribution in [0, 0.1) is 0 Å². The molecule has 1 aromatic carbocycles. The van der Waals surface area contributed by atoms with Crippen LogP contribution in [0.3, 0.4) is 0 Å². The van der Waals surface area contributed by atoms with E-state index in [0.29, 0.717) is 12.2 Å². The van der Waals surface area contributed by atoms with Gasteiger partial charge in [0, 0.05) is 0 Å². The SMILES string of the molecule is CCC1C=C(C)C=C2C(=O)N(Cc3ccccc3)C(=O)N21. The molecule has 4 heteroatoms. The first-order chi connectivity index (χ1) is 10.1. The van der Waals surface area contributed by atoms with Crippen LogP contribution in [0.1, 0.15) is 25.8 Å². The Kier molecular flexibility index (Phi) is 3.37. The van der Waals surface area contributed by atoms with Gasteiger partial charge in [-0.1, -0.05) is 48.9 Å². The van der Waals surface area contributed by atoms with Gasteiger partial charge in [-0.05, 0) is 25.0 Å². The van der Waals surface area contributed by atoms with Crippen molar-refractivity contribution in [1.29, 1.82) is 0 Å². The maximum Gasteiger partial charge on any atom is 0.332 e. The highest BCUT2D eigenvalue weighted by atomic mass is 16.2. The molecule has 108 valence electrons. The number of benzene rings is 1. The molecule has 1 aromatic rings. The van der Waals surface area contributed by atoms with Crippen molar-refractivity contribution in [2.75, 3.05) is 0 Å². The highest BCUT2D eigenvalue weighted by Gasteiger charge is 2.44. The monoisotopic (exact) mass is 282 g/mol. The van der Waals surface area contributed by atoms with Crippen molar-refractivity contribution >= 4 is 11.9 Å². The fourth-order valence-corrected chi connectivity index (χ4v) is 2.86. The molecule has 0 bridgehead atoms. The number of urea groups is 1. The molecule has 2 aliphatic heterocycles. The third kappa shape index (κ3) is 2.27. The molecule has 1 atom stereocenters. The van der Waals surface area contributed by atoms with Crippen molar-refractivity contribution in [2.24, 2.45) is 0 Å². The lowest BCUT2D eigenvalue weighted by Gasteiger charge is -2.27. The number of hydrogen-bond acceptors (Lipinski definition) is 2. The van der Waals surface area contributed by atoms with E-state index in [4.69, 9.17) is 0 Å². The van der Waals surface area contributed by atoms with E-state index in [9.17, 15) is 9.59 Å². The van der Waals surface area contributed by atoms with E-state index in [2.05, 4.69) is 0 Å². The Labute approximate surface area is 124 Å². The minimum atomic E-state index is -0.217. The van der Waals surface area contributed by atoms with Gasteiger partial charge in [0.25, 0.3) is 5.91 Å². The number of carbonyl (C=O) groups is 2. The minimum Gasteiger partial charge on any atom is -0.282 e. The summed E-state index contributed by atoms with van der Waals surface area (Å²) in [4.78, 5) is 28.1. The van der Waals surface area contributed by atoms with E-state index in [1.54, 1.807) is 11.0 Å². The van der Waals surface area contributed by atoms with E-state index in [1.165, 1.54) is 4.90 Å². The highest BCUT2D eigenvalue weighted by molar-refractivity contribution is 6.12. The number of fused-ring (bicyclic) bond motifs is 1. The highest BCUT2D eigenvalue weighted by Crippen LogP contribution is 2.31. The van der Waals surface area contributed by atoms with Crippen molar-refractivity contribution in [2.45, 2.75) is 32.9 Å². The van der Waals surface area contributed by atoms with Crippen LogP contribution >= 0.6 is 0 Å². The number of allylic oxidation sites excluding steroid dienone is 2. The van der Waals surface area contributed by atoms with Crippen LogP contribution in [-0.4, -0.2) is 27.8 Å². The summed E-state index contributed by atoms with van der Waals surface area (Å²) in [5, 5.41) is 0. The van der Waals surface area contributed by atoms with Crippen LogP contribution in [0.4, 0.5) is 4.79 Å². The summed E-state index contributed by atoms with van der Waals surface area (Å²) >= 11 is 0. The zero-order valence-electron chi connectivity index (χ0n) is 12.2. The largest absolute Gasteiger partial charge is 0.332 e. The molecule has 0 N–H and O–H groups in total. The van der Waals surface area contributed by atoms with Crippen molar-refractivity contribution in [3.05, 3.63) is 59.3 Å². The van der Waals surface area contributed by atoms with E-state index in [1.807, 2.05) is 50.3 Å². The summed E-state index contributed by atoms with van der Waals surface area (Å²) in [6, 6.07) is 9.35. The molecule has 0 spiro atoms. The number of hydrogen-bond donors (Lipinski definition) is 0. The Morgan fingerprint density at radius 3 is 2.52 bits per heavy atom. The molecule has 2 aliphatic rings. The summed E-state index contributed by atoms with van der Waals surface area (Å²) < 4.78 is 0. The summed E-state index contributed by atoms with van der Waals surface area (Å²) in [5.74, 6) is -0.199. The molecule has 4 nitrogen and oxygen atoms in total. The first-order valence-electron chi connectivity index (χ1n) is 7.21. The second kappa shape index (κ2) is 5.20. The van der Waals surface area contributed by atoms with Gasteiger partial charge in [-0.15, -0.1) is 0 Å². The van der Waals surface area contributed by atoms with Gasteiger partial charge >= 0.3 is 6.03 Å². The van der Waals surface area contributed by atoms with Crippen LogP contribution in [0.5, 0.6) is 0 Å². The topological polar surface area (TPSA) is 40.6 Å². The molecule has 1 fully saturated rings. The second-order valence-corrected chi connectivity index (χ2v) is 5.45. The summed E-state index contributed by atoms with van der Waals surface area (Å²) in [7, 11) is 0. The van der Waals surface area contributed by atoms with Crippen molar-refractivity contribution in [1.82, 2.24) is 9.80 Å². The van der Waals surface area contributed by atoms with Crippen molar-refractivity contribution in [3.63, 3.8) is 0 Å². The average molecular weight is 282 g/mol. The lowest BCUT2D eigenvalue weighted by atomic mass is 10.0. The average Bonchev–Trinajstić information content (AvgIpc) is 2.72. The molecule has 3 amide bonds. The van der Waals surface area contributed by atoms with Gasteiger partial charge in [0.1, 0.15) is 5.70 Å². The number of carbonyl (C=O) groups excluding carboxylic acids is 2. The molecule has 21 heavy (non-hydrogen) atoms. The van der Waals surface area contributed by atoms with Crippen LogP contribution in [0.15, 0.2) is 53.8 Å². The van der Waals surface area contributed by atoms with Gasteiger partial charge < -0.3 is 0 Å². The fraction of sp³-hybridized carbons (Fsp3) is 0.294. The van der Waals surface area contributed by atoms with E-state index in [0.717, 1.165) is 17.6 Å². The Bertz CT molecular complexity index is 646. The third-order valence-corrected chi connectivity index (χ3v) is 3.91. The van der Waals surface area contributed by atoms with Gasteiger partial charge in [0.2, 0.25) is 0 Å². The molecule has 0 aromatic heterocycles. The van der Waals surface area contributed by atoms with Crippen LogP contribution < -0.4 is 0 Å². The van der Waals surface area contributed by atoms with Gasteiger partial charge in [-0.3, -0.25) is 14.6 Å². The maximum atomic E-state index is 12.6. The van der Waals surface area contributed by atoms with Gasteiger partial charge in [-0.25, -0.2) is 4.79 Å². The number of nitrogens with zero attached hydrogens (tertiary/aromatic N) is 2. The molecule has 1 unspecified atom stereocenters. The first-order valence-corrected chi connectivity index (χ1v) is 7.21. The lowest BCUT2D eigenvalue weighted by Crippen LogP contribution is -2.38. The summed E-state index contributed by atoms with van der Waals surface area (Å²) in [6.45, 7) is 4.31. The Balaban J connectivity index is 1.91. The van der Waals surface area contributed by atoms with Crippen LogP contribution in [0.25, 0.3) is 0 Å². The molecule has 2 heterocycles. The van der Waals surface area contributed by atoms with Crippen LogP contribution in [-0.2, 0) is 11.3 Å². The number of rotatable bonds is 3. The number of imide groups is 1. The molecular formula is C17H18N2O2. The van der Waals surface area contributed by atoms with E-state index < -0.39 is 0 Å². The molecule has 0 aliphatic carbocycles. The van der Waals surface area contributed by atoms with Gasteiger partial charge in [0.05, 0.1) is 12.6 Å². The lowest BCUT2D eigenvalue weighted by molar-refractivity contribution is -0.123. The molecular weight excluding hydrogens is 264 g/mol. The molecule has 0 saturated carbocycles. The summed E-state index contributed by atoms with van der Waals surface area (Å²) in [5.41, 5.74) is 2.50. The Hall–Kier alpha value is -2.36. The zero-order valence-corrected chi connectivity index (χ0v) is 12.2. The predicted molar refractivity (Wildman–Crippen MR) is 80.1 cm³/mol. The molecule has 1 saturated heterocycles. The Morgan fingerprint density at radius 1 is 1.14 bits per heavy atom. The second-order valence-electron chi connectivity index (χ2n) is 5.45. The van der Waals surface area contributed by atoms with Gasteiger partial charge in [-0.2, -0.15) is 0 Å². The smallest absolute Gasteiger partial charge is 0.282 e. The normalized spacial score (nSPS) is 21.3. The quantitative estimate of drug-likeness (QED) is 0.799. The van der Waals surface area contributed by atoms with Crippen molar-refractivity contribution < 1.29 is 9.59 Å². The van der Waals surface area contributed by atoms with Gasteiger partial charge in [0.15, 0.2) is 0 Å². The van der Waals surface area contributed by atoms with Crippen molar-refractivity contribution in [3.8, 4) is 0 Å². The fourth-order valence-electron chi connectivity index (χ4n) is 2.86. The first kappa shape index (κ1) is 13.6. The molecule has 0 radical (unpaired) electrons. The third-order valence-electron chi connectivity index (χ3n) is 3.91. The predicted octanol–water partition coefficient (Wildman–Crippen LogP) is 3.07. The molecule has 3 rings (SSSR count). The number of amides is 3. The van der Waals surface area contributed by atoms with E-state index in [-0.39, 0.29) is 18.0 Å². The van der Waals surface area contributed by atoms with E-state index >= 15 is 0 Å². The maximum absolute atomic E-state index is 12.6. The Morgan fingerprint density at radius 2 is 1.86 bits per heavy atom. The summed E-state index contributed by atoms with van der Waals surface area (Å²) in [6.07, 6.45) is 4.64. The zero-order chi connectivity index (χ0) is 15.0. The standard InChI is InChI=1S/C17H18N2O2/c1-3-14-9-12(2)10-15-16(20)18(17(21)19(14)15)11-13-7-5-4-6-8-13/h4-10,14H,3,11H2,1-2H3. The van der Waals surface area contributed by atoms with Crippen LogP contribution in [0.2, 0.25) is 0 Å².